The number of pyridine rings is 1. The van der Waals surface area contributed by atoms with Crippen molar-refractivity contribution in [3.8, 4) is 0 Å². The van der Waals surface area contributed by atoms with Gasteiger partial charge in [-0.05, 0) is 26.4 Å². The van der Waals surface area contributed by atoms with Crippen LogP contribution in [0.25, 0.3) is 0 Å². The minimum atomic E-state index is -1.33. The van der Waals surface area contributed by atoms with Crippen LogP contribution in [-0.4, -0.2) is 52.1 Å². The zero-order valence-corrected chi connectivity index (χ0v) is 11.8. The molecule has 0 aromatic carbocycles. The molecule has 0 radical (unpaired) electrons. The summed E-state index contributed by atoms with van der Waals surface area (Å²) in [6, 6.07) is 1.58. The number of hydrogen-bond donors (Lipinski definition) is 2. The van der Waals surface area contributed by atoms with Crippen molar-refractivity contribution in [3.63, 3.8) is 0 Å². The lowest BCUT2D eigenvalue weighted by molar-refractivity contribution is -0.385. The summed E-state index contributed by atoms with van der Waals surface area (Å²) in [4.78, 5) is 27.3. The Hall–Kier alpha value is -2.22. The molecule has 1 aliphatic rings. The van der Waals surface area contributed by atoms with Crippen molar-refractivity contribution in [2.45, 2.75) is 25.3 Å². The Kier molecular flexibility index (Phi) is 4.69. The van der Waals surface area contributed by atoms with Gasteiger partial charge in [0.15, 0.2) is 0 Å². The highest BCUT2D eigenvalue weighted by Crippen LogP contribution is 2.21. The fourth-order valence-corrected chi connectivity index (χ4v) is 2.49. The van der Waals surface area contributed by atoms with Gasteiger partial charge in [0, 0.05) is 18.7 Å². The number of aromatic carboxylic acids is 1. The molecule has 2 rings (SSSR count). The van der Waals surface area contributed by atoms with Gasteiger partial charge in [-0.25, -0.2) is 9.78 Å². The third-order valence-corrected chi connectivity index (χ3v) is 3.75. The number of piperidine rings is 1. The smallest absolute Gasteiger partial charge is 0.342 e. The second kappa shape index (κ2) is 6.49. The summed E-state index contributed by atoms with van der Waals surface area (Å²) in [5, 5.41) is 22.9. The molecule has 1 fully saturated rings. The minimum absolute atomic E-state index is 0.344. The molecule has 8 nitrogen and oxygen atoms in total. The fraction of sp³-hybridized carbons (Fsp3) is 0.538. The molecular formula is C13H18N4O4. The lowest BCUT2D eigenvalue weighted by Crippen LogP contribution is -2.40. The van der Waals surface area contributed by atoms with Gasteiger partial charge < -0.3 is 15.3 Å². The number of nitro groups is 1. The van der Waals surface area contributed by atoms with E-state index in [1.807, 2.05) is 0 Å². The van der Waals surface area contributed by atoms with E-state index in [0.29, 0.717) is 18.4 Å². The predicted octanol–water partition coefficient (Wildman–Crippen LogP) is 1.58. The molecule has 0 saturated carbocycles. The maximum Gasteiger partial charge on any atom is 0.342 e. The van der Waals surface area contributed by atoms with E-state index >= 15 is 0 Å². The van der Waals surface area contributed by atoms with Crippen LogP contribution in [0, 0.1) is 10.1 Å². The topological polar surface area (TPSA) is 109 Å². The maximum atomic E-state index is 11.1. The number of likely N-dealkylation sites (tertiary alicyclic amines) is 1. The molecule has 0 aliphatic carbocycles. The van der Waals surface area contributed by atoms with Crippen molar-refractivity contribution in [1.82, 2.24) is 9.88 Å². The van der Waals surface area contributed by atoms with Crippen LogP contribution in [0.15, 0.2) is 12.3 Å². The van der Waals surface area contributed by atoms with Gasteiger partial charge >= 0.3 is 11.7 Å². The molecule has 0 amide bonds. The highest BCUT2D eigenvalue weighted by Gasteiger charge is 2.22. The first-order valence-electron chi connectivity index (χ1n) is 6.81. The molecule has 0 spiro atoms. The van der Waals surface area contributed by atoms with E-state index in [1.54, 1.807) is 0 Å². The van der Waals surface area contributed by atoms with Crippen LogP contribution in [0.4, 0.5) is 11.5 Å². The van der Waals surface area contributed by atoms with Crippen molar-refractivity contribution < 1.29 is 14.8 Å². The van der Waals surface area contributed by atoms with E-state index in [4.69, 9.17) is 5.11 Å². The molecule has 21 heavy (non-hydrogen) atoms. The van der Waals surface area contributed by atoms with Gasteiger partial charge in [-0.15, -0.1) is 0 Å². The van der Waals surface area contributed by atoms with Crippen LogP contribution < -0.4 is 5.32 Å². The number of likely N-dealkylation sites (N-methyl/N-ethyl adjacent to an activating group) is 1. The van der Waals surface area contributed by atoms with Crippen LogP contribution in [0.2, 0.25) is 0 Å². The van der Waals surface area contributed by atoms with Gasteiger partial charge in [0.25, 0.3) is 0 Å². The predicted molar refractivity (Wildman–Crippen MR) is 76.6 cm³/mol. The van der Waals surface area contributed by atoms with Crippen molar-refractivity contribution >= 4 is 17.5 Å². The van der Waals surface area contributed by atoms with Crippen LogP contribution in [0.1, 0.15) is 29.6 Å². The van der Waals surface area contributed by atoms with Gasteiger partial charge in [-0.2, -0.15) is 0 Å². The lowest BCUT2D eigenvalue weighted by atomic mass is 10.0. The van der Waals surface area contributed by atoms with E-state index in [0.717, 1.165) is 19.2 Å². The third kappa shape index (κ3) is 3.66. The summed E-state index contributed by atoms with van der Waals surface area (Å²) >= 11 is 0. The highest BCUT2D eigenvalue weighted by molar-refractivity contribution is 5.93. The Balaban J connectivity index is 2.08. The van der Waals surface area contributed by atoms with E-state index < -0.39 is 16.6 Å². The van der Waals surface area contributed by atoms with Crippen LogP contribution in [-0.2, 0) is 0 Å². The number of aromatic nitrogens is 1. The largest absolute Gasteiger partial charge is 0.477 e. The molecule has 1 unspecified atom stereocenters. The van der Waals surface area contributed by atoms with Gasteiger partial charge in [-0.1, -0.05) is 6.42 Å². The second-order valence-electron chi connectivity index (χ2n) is 5.16. The van der Waals surface area contributed by atoms with E-state index in [1.165, 1.54) is 18.9 Å². The lowest BCUT2D eigenvalue weighted by Gasteiger charge is -2.32. The molecule has 1 saturated heterocycles. The number of nitrogens with zero attached hydrogens (tertiary/aromatic N) is 3. The molecule has 1 aliphatic heterocycles. The number of nitrogens with one attached hydrogen (secondary N) is 1. The summed E-state index contributed by atoms with van der Waals surface area (Å²) in [6.07, 6.45) is 4.41. The average Bonchev–Trinajstić information content (AvgIpc) is 2.46. The number of carboxylic acids is 1. The van der Waals surface area contributed by atoms with Gasteiger partial charge in [0.05, 0.1) is 4.92 Å². The first kappa shape index (κ1) is 15.2. The molecule has 8 heteroatoms. The Morgan fingerprint density at radius 2 is 2.38 bits per heavy atom. The summed E-state index contributed by atoms with van der Waals surface area (Å²) in [6.45, 7) is 1.68. The van der Waals surface area contributed by atoms with Crippen LogP contribution >= 0.6 is 0 Å². The van der Waals surface area contributed by atoms with E-state index in [-0.39, 0.29) is 5.56 Å². The number of carboxylic acid groups (broad SMARTS) is 1. The molecule has 114 valence electrons. The van der Waals surface area contributed by atoms with Crippen LogP contribution in [0.5, 0.6) is 0 Å². The first-order chi connectivity index (χ1) is 9.99. The van der Waals surface area contributed by atoms with Crippen molar-refractivity contribution in [1.29, 1.82) is 0 Å². The monoisotopic (exact) mass is 294 g/mol. The van der Waals surface area contributed by atoms with Gasteiger partial charge in [0.2, 0.25) is 0 Å². The highest BCUT2D eigenvalue weighted by atomic mass is 16.6. The second-order valence-corrected chi connectivity index (χ2v) is 5.16. The normalized spacial score (nSPS) is 19.2. The maximum absolute atomic E-state index is 11.1. The minimum Gasteiger partial charge on any atom is -0.477 e. The molecule has 1 aromatic rings. The Morgan fingerprint density at radius 3 is 3.00 bits per heavy atom. The van der Waals surface area contributed by atoms with E-state index in [9.17, 15) is 14.9 Å². The average molecular weight is 294 g/mol. The Labute approximate surface area is 121 Å². The zero-order chi connectivity index (χ0) is 15.4. The summed E-state index contributed by atoms with van der Waals surface area (Å²) in [7, 11) is 2.05. The first-order valence-corrected chi connectivity index (χ1v) is 6.81. The van der Waals surface area contributed by atoms with Gasteiger partial charge in [-0.3, -0.25) is 10.1 Å². The van der Waals surface area contributed by atoms with Crippen LogP contribution in [0.3, 0.4) is 0 Å². The number of anilines is 1. The number of rotatable bonds is 5. The van der Waals surface area contributed by atoms with Crippen molar-refractivity contribution in [2.24, 2.45) is 0 Å². The summed E-state index contributed by atoms with van der Waals surface area (Å²) in [5.41, 5.74) is -0.850. The third-order valence-electron chi connectivity index (χ3n) is 3.75. The standard InChI is InChI=1S/C13H18N4O4/c1-16-5-3-2-4-9(16)7-14-12-6-10(13(18)19)11(8-15-12)17(20)21/h6,8-9H,2-5,7H2,1H3,(H,14,15)(H,18,19). The SMILES string of the molecule is CN1CCCCC1CNc1cc(C(=O)O)c([N+](=O)[O-])cn1. The quantitative estimate of drug-likeness (QED) is 0.627. The van der Waals surface area contributed by atoms with Gasteiger partial charge in [0.1, 0.15) is 17.6 Å². The summed E-state index contributed by atoms with van der Waals surface area (Å²) in [5.74, 6) is -0.987. The van der Waals surface area contributed by atoms with Crippen molar-refractivity contribution in [2.75, 3.05) is 25.5 Å². The fourth-order valence-electron chi connectivity index (χ4n) is 2.49. The Bertz CT molecular complexity index is 549. The zero-order valence-electron chi connectivity index (χ0n) is 11.8. The Morgan fingerprint density at radius 1 is 1.62 bits per heavy atom. The summed E-state index contributed by atoms with van der Waals surface area (Å²) < 4.78 is 0. The number of carbonyl (C=O) groups is 1. The molecule has 1 aromatic heterocycles. The van der Waals surface area contributed by atoms with E-state index in [2.05, 4.69) is 22.2 Å². The molecule has 0 bridgehead atoms. The molecular weight excluding hydrogens is 276 g/mol. The molecule has 2 heterocycles. The molecule has 1 atom stereocenters. The molecule has 2 N–H and O–H groups in total. The van der Waals surface area contributed by atoms with Crippen molar-refractivity contribution in [3.05, 3.63) is 27.9 Å². The number of hydrogen-bond acceptors (Lipinski definition) is 6.